The number of benzene rings is 1. The number of amides is 1. The lowest BCUT2D eigenvalue weighted by atomic mass is 10.2. The van der Waals surface area contributed by atoms with Crippen molar-refractivity contribution in [1.82, 2.24) is 5.32 Å². The summed E-state index contributed by atoms with van der Waals surface area (Å²) in [6.45, 7) is 2.25. The van der Waals surface area contributed by atoms with Crippen molar-refractivity contribution in [3.8, 4) is 0 Å². The molecule has 0 aliphatic heterocycles. The first-order valence-electron chi connectivity index (χ1n) is 6.10. The van der Waals surface area contributed by atoms with Gasteiger partial charge in [-0.25, -0.2) is 8.42 Å². The maximum atomic E-state index is 11.5. The zero-order valence-corrected chi connectivity index (χ0v) is 13.3. The van der Waals surface area contributed by atoms with Gasteiger partial charge >= 0.3 is 0 Å². The second kappa shape index (κ2) is 8.24. The number of rotatable bonds is 6. The highest BCUT2D eigenvalue weighted by atomic mass is 35.5. The molecule has 1 atom stereocenters. The second-order valence-electron chi connectivity index (χ2n) is 4.71. The molecule has 0 aliphatic rings. The van der Waals surface area contributed by atoms with E-state index in [2.05, 4.69) is 5.32 Å². The molecule has 1 aromatic carbocycles. The van der Waals surface area contributed by atoms with Gasteiger partial charge < -0.3 is 11.1 Å². The molecule has 1 unspecified atom stereocenters. The van der Waals surface area contributed by atoms with Crippen LogP contribution in [0.15, 0.2) is 29.2 Å². The lowest BCUT2D eigenvalue weighted by Gasteiger charge is -2.07. The van der Waals surface area contributed by atoms with E-state index in [4.69, 9.17) is 5.73 Å². The molecule has 1 amide bonds. The SMILES string of the molecule is CC(N)CCC(=O)NCc1ccc(S(C)(=O)=O)cc1.Cl. The van der Waals surface area contributed by atoms with Gasteiger partial charge in [0.1, 0.15) is 0 Å². The Balaban J connectivity index is 0.00000361. The molecule has 114 valence electrons. The Morgan fingerprint density at radius 3 is 2.30 bits per heavy atom. The van der Waals surface area contributed by atoms with E-state index >= 15 is 0 Å². The van der Waals surface area contributed by atoms with Gasteiger partial charge in [-0.2, -0.15) is 0 Å². The molecule has 0 aromatic heterocycles. The Morgan fingerprint density at radius 1 is 1.30 bits per heavy atom. The van der Waals surface area contributed by atoms with Crippen molar-refractivity contribution < 1.29 is 13.2 Å². The van der Waals surface area contributed by atoms with E-state index in [0.29, 0.717) is 19.4 Å². The molecule has 3 N–H and O–H groups in total. The molecule has 0 bridgehead atoms. The first-order chi connectivity index (χ1) is 8.79. The van der Waals surface area contributed by atoms with Crippen molar-refractivity contribution in [3.05, 3.63) is 29.8 Å². The Hall–Kier alpha value is -1.11. The summed E-state index contributed by atoms with van der Waals surface area (Å²) in [5, 5.41) is 2.77. The van der Waals surface area contributed by atoms with Crippen LogP contribution in [0.5, 0.6) is 0 Å². The number of carbonyl (C=O) groups excluding carboxylic acids is 1. The molecule has 5 nitrogen and oxygen atoms in total. The first kappa shape index (κ1) is 18.9. The maximum absolute atomic E-state index is 11.5. The monoisotopic (exact) mass is 320 g/mol. The van der Waals surface area contributed by atoms with Crippen LogP contribution in [0.25, 0.3) is 0 Å². The van der Waals surface area contributed by atoms with E-state index in [1.54, 1.807) is 24.3 Å². The highest BCUT2D eigenvalue weighted by molar-refractivity contribution is 7.90. The summed E-state index contributed by atoms with van der Waals surface area (Å²) in [7, 11) is -3.17. The van der Waals surface area contributed by atoms with Crippen molar-refractivity contribution in [2.75, 3.05) is 6.26 Å². The minimum atomic E-state index is -3.17. The zero-order valence-electron chi connectivity index (χ0n) is 11.6. The van der Waals surface area contributed by atoms with Crippen LogP contribution in [0.2, 0.25) is 0 Å². The van der Waals surface area contributed by atoms with Crippen molar-refractivity contribution in [1.29, 1.82) is 0 Å². The standard InChI is InChI=1S/C13H20N2O3S.ClH/c1-10(14)3-8-13(16)15-9-11-4-6-12(7-5-11)19(2,17)18;/h4-7,10H,3,8-9,14H2,1-2H3,(H,15,16);1H. The Kier molecular flexibility index (Phi) is 7.78. The average molecular weight is 321 g/mol. The zero-order chi connectivity index (χ0) is 14.5. The van der Waals surface area contributed by atoms with Crippen LogP contribution in [-0.4, -0.2) is 26.6 Å². The molecule has 0 fully saturated rings. The number of halogens is 1. The molecule has 0 spiro atoms. The largest absolute Gasteiger partial charge is 0.352 e. The Morgan fingerprint density at radius 2 is 1.85 bits per heavy atom. The fourth-order valence-corrected chi connectivity index (χ4v) is 2.13. The van der Waals surface area contributed by atoms with E-state index in [1.165, 1.54) is 0 Å². The number of hydrogen-bond donors (Lipinski definition) is 2. The van der Waals surface area contributed by atoms with Crippen molar-refractivity contribution >= 4 is 28.2 Å². The predicted molar refractivity (Wildman–Crippen MR) is 81.5 cm³/mol. The third-order valence-corrected chi connectivity index (χ3v) is 3.80. The van der Waals surface area contributed by atoms with E-state index in [-0.39, 0.29) is 29.3 Å². The van der Waals surface area contributed by atoms with Gasteiger partial charge in [-0.3, -0.25) is 4.79 Å². The third kappa shape index (κ3) is 6.88. The summed E-state index contributed by atoms with van der Waals surface area (Å²) in [6.07, 6.45) is 2.22. The van der Waals surface area contributed by atoms with Gasteiger partial charge in [0.15, 0.2) is 9.84 Å². The first-order valence-corrected chi connectivity index (χ1v) is 7.99. The van der Waals surface area contributed by atoms with Crippen LogP contribution in [0, 0.1) is 0 Å². The van der Waals surface area contributed by atoms with Crippen molar-refractivity contribution in [2.24, 2.45) is 5.73 Å². The molecule has 0 heterocycles. The number of hydrogen-bond acceptors (Lipinski definition) is 4. The molecule has 7 heteroatoms. The topological polar surface area (TPSA) is 89.3 Å². The van der Waals surface area contributed by atoms with Crippen LogP contribution >= 0.6 is 12.4 Å². The normalized spacial score (nSPS) is 12.3. The summed E-state index contributed by atoms with van der Waals surface area (Å²) in [5.41, 5.74) is 6.43. The lowest BCUT2D eigenvalue weighted by Crippen LogP contribution is -2.25. The van der Waals surface area contributed by atoms with E-state index in [9.17, 15) is 13.2 Å². The Bertz CT molecular complexity index is 527. The summed E-state index contributed by atoms with van der Waals surface area (Å²) < 4.78 is 22.6. The Labute approximate surface area is 126 Å². The summed E-state index contributed by atoms with van der Waals surface area (Å²) >= 11 is 0. The number of nitrogens with two attached hydrogens (primary N) is 1. The number of sulfone groups is 1. The second-order valence-corrected chi connectivity index (χ2v) is 6.72. The molecule has 1 rings (SSSR count). The van der Waals surface area contributed by atoms with Gasteiger partial charge in [0, 0.05) is 25.3 Å². The van der Waals surface area contributed by atoms with Gasteiger partial charge in [0.2, 0.25) is 5.91 Å². The van der Waals surface area contributed by atoms with Crippen LogP contribution in [0.4, 0.5) is 0 Å². The smallest absolute Gasteiger partial charge is 0.220 e. The highest BCUT2D eigenvalue weighted by Gasteiger charge is 2.07. The maximum Gasteiger partial charge on any atom is 0.220 e. The third-order valence-electron chi connectivity index (χ3n) is 2.67. The summed E-state index contributed by atoms with van der Waals surface area (Å²) in [5.74, 6) is -0.0514. The fourth-order valence-electron chi connectivity index (χ4n) is 1.50. The van der Waals surface area contributed by atoms with Gasteiger partial charge in [-0.15, -0.1) is 12.4 Å². The van der Waals surface area contributed by atoms with Crippen molar-refractivity contribution in [3.63, 3.8) is 0 Å². The minimum absolute atomic E-state index is 0. The van der Waals surface area contributed by atoms with E-state index in [0.717, 1.165) is 11.8 Å². The van der Waals surface area contributed by atoms with Crippen LogP contribution < -0.4 is 11.1 Å². The lowest BCUT2D eigenvalue weighted by molar-refractivity contribution is -0.121. The summed E-state index contributed by atoms with van der Waals surface area (Å²) in [4.78, 5) is 11.8. The fraction of sp³-hybridized carbons (Fsp3) is 0.462. The summed E-state index contributed by atoms with van der Waals surface area (Å²) in [6, 6.07) is 6.49. The molecular weight excluding hydrogens is 300 g/mol. The van der Waals surface area contributed by atoms with E-state index < -0.39 is 9.84 Å². The quantitative estimate of drug-likeness (QED) is 0.825. The van der Waals surface area contributed by atoms with Gasteiger partial charge in [0.05, 0.1) is 4.90 Å². The molecule has 0 saturated carbocycles. The highest BCUT2D eigenvalue weighted by Crippen LogP contribution is 2.10. The van der Waals surface area contributed by atoms with Gasteiger partial charge in [-0.1, -0.05) is 12.1 Å². The molecule has 1 aromatic rings. The van der Waals surface area contributed by atoms with Crippen LogP contribution in [0.1, 0.15) is 25.3 Å². The number of carbonyl (C=O) groups is 1. The minimum Gasteiger partial charge on any atom is -0.352 e. The van der Waals surface area contributed by atoms with Gasteiger partial charge in [0.25, 0.3) is 0 Å². The van der Waals surface area contributed by atoms with Crippen LogP contribution in [0.3, 0.4) is 0 Å². The molecular formula is C13H21ClN2O3S. The van der Waals surface area contributed by atoms with Crippen LogP contribution in [-0.2, 0) is 21.2 Å². The molecule has 0 aliphatic carbocycles. The molecule has 0 radical (unpaired) electrons. The predicted octanol–water partition coefficient (Wildman–Crippen LogP) is 1.26. The van der Waals surface area contributed by atoms with Crippen molar-refractivity contribution in [2.45, 2.75) is 37.2 Å². The molecule has 20 heavy (non-hydrogen) atoms. The van der Waals surface area contributed by atoms with E-state index in [1.807, 2.05) is 6.92 Å². The average Bonchev–Trinajstić information content (AvgIpc) is 2.33. The van der Waals surface area contributed by atoms with Gasteiger partial charge in [-0.05, 0) is 31.0 Å². The number of nitrogens with one attached hydrogen (secondary N) is 1. The molecule has 0 saturated heterocycles.